The normalized spacial score (nSPS) is 14.4. The molecule has 3 aromatic rings. The van der Waals surface area contributed by atoms with Crippen LogP contribution in [0.15, 0.2) is 60.9 Å². The molecule has 1 aliphatic rings. The second-order valence-electron chi connectivity index (χ2n) is 7.55. The average molecular weight is 403 g/mol. The van der Waals surface area contributed by atoms with Gasteiger partial charge in [0.1, 0.15) is 5.75 Å². The lowest BCUT2D eigenvalue weighted by atomic mass is 9.99. The Morgan fingerprint density at radius 3 is 2.57 bits per heavy atom. The number of nitrogens with zero attached hydrogens (tertiary/aromatic N) is 4. The minimum Gasteiger partial charge on any atom is -0.482 e. The predicted octanol–water partition coefficient (Wildman–Crippen LogP) is 3.79. The van der Waals surface area contributed by atoms with Crippen molar-refractivity contribution in [3.8, 4) is 17.0 Å². The number of nitrogens with one attached hydrogen (secondary N) is 1. The molecule has 0 radical (unpaired) electrons. The van der Waals surface area contributed by atoms with Crippen LogP contribution in [0.5, 0.6) is 5.75 Å². The molecule has 1 amide bonds. The monoisotopic (exact) mass is 403 g/mol. The molecule has 1 N–H and O–H groups in total. The molecule has 0 spiro atoms. The van der Waals surface area contributed by atoms with Crippen LogP contribution in [-0.4, -0.2) is 40.8 Å². The Morgan fingerprint density at radius 2 is 1.90 bits per heavy atom. The minimum absolute atomic E-state index is 0.0737. The number of hydrogen-bond donors (Lipinski definition) is 1. The zero-order chi connectivity index (χ0) is 20.8. The molecule has 0 aliphatic carbocycles. The molecule has 0 saturated carbocycles. The van der Waals surface area contributed by atoms with E-state index in [4.69, 9.17) is 4.74 Å². The first-order chi connectivity index (χ1) is 14.7. The molecule has 4 rings (SSSR count). The third-order valence-electron chi connectivity index (χ3n) is 5.23. The molecule has 3 heterocycles. The predicted molar refractivity (Wildman–Crippen MR) is 116 cm³/mol. The van der Waals surface area contributed by atoms with E-state index in [9.17, 15) is 4.79 Å². The molecular weight excluding hydrogens is 378 g/mol. The number of rotatable bonds is 6. The van der Waals surface area contributed by atoms with Gasteiger partial charge in [-0.2, -0.15) is 0 Å². The van der Waals surface area contributed by atoms with E-state index < -0.39 is 0 Å². The second kappa shape index (κ2) is 9.35. The van der Waals surface area contributed by atoms with Crippen molar-refractivity contribution in [3.05, 3.63) is 60.9 Å². The van der Waals surface area contributed by atoms with Crippen molar-refractivity contribution in [1.82, 2.24) is 15.2 Å². The van der Waals surface area contributed by atoms with Gasteiger partial charge < -0.3 is 15.0 Å². The molecule has 2 aromatic heterocycles. The van der Waals surface area contributed by atoms with Crippen molar-refractivity contribution >= 4 is 17.4 Å². The first-order valence-corrected chi connectivity index (χ1v) is 10.2. The molecule has 1 fully saturated rings. The fourth-order valence-corrected chi connectivity index (χ4v) is 3.39. The van der Waals surface area contributed by atoms with Crippen molar-refractivity contribution in [2.75, 3.05) is 29.9 Å². The Hall–Kier alpha value is -3.48. The van der Waals surface area contributed by atoms with Gasteiger partial charge in [0, 0.05) is 30.5 Å². The van der Waals surface area contributed by atoms with Crippen LogP contribution < -0.4 is 15.0 Å². The van der Waals surface area contributed by atoms with E-state index in [1.54, 1.807) is 24.5 Å². The Bertz CT molecular complexity index is 953. The number of carbonyl (C=O) groups excluding carboxylic acids is 1. The van der Waals surface area contributed by atoms with E-state index in [1.165, 1.54) is 12.8 Å². The third kappa shape index (κ3) is 5.11. The van der Waals surface area contributed by atoms with E-state index in [0.29, 0.717) is 11.4 Å². The van der Waals surface area contributed by atoms with Gasteiger partial charge in [-0.1, -0.05) is 19.1 Å². The summed E-state index contributed by atoms with van der Waals surface area (Å²) in [5, 5.41) is 11.6. The summed E-state index contributed by atoms with van der Waals surface area (Å²) < 4.78 is 5.40. The van der Waals surface area contributed by atoms with Crippen LogP contribution in [0.2, 0.25) is 0 Å². The van der Waals surface area contributed by atoms with Gasteiger partial charge in [0.2, 0.25) is 0 Å². The van der Waals surface area contributed by atoms with Gasteiger partial charge in [0.05, 0.1) is 11.9 Å². The lowest BCUT2D eigenvalue weighted by molar-refractivity contribution is -0.118. The van der Waals surface area contributed by atoms with Crippen molar-refractivity contribution in [2.45, 2.75) is 19.8 Å². The van der Waals surface area contributed by atoms with E-state index in [1.807, 2.05) is 36.4 Å². The number of hydrogen-bond acceptors (Lipinski definition) is 6. The molecule has 1 aliphatic heterocycles. The zero-order valence-corrected chi connectivity index (χ0v) is 17.0. The van der Waals surface area contributed by atoms with Gasteiger partial charge in [-0.3, -0.25) is 9.78 Å². The van der Waals surface area contributed by atoms with Crippen molar-refractivity contribution in [3.63, 3.8) is 0 Å². The van der Waals surface area contributed by atoms with E-state index in [0.717, 1.165) is 36.1 Å². The summed E-state index contributed by atoms with van der Waals surface area (Å²) in [7, 11) is 0. The number of amides is 1. The molecule has 7 nitrogen and oxygen atoms in total. The van der Waals surface area contributed by atoms with E-state index in [-0.39, 0.29) is 12.5 Å². The van der Waals surface area contributed by atoms with E-state index >= 15 is 0 Å². The first-order valence-electron chi connectivity index (χ1n) is 10.2. The number of piperidine rings is 1. The molecule has 30 heavy (non-hydrogen) atoms. The second-order valence-corrected chi connectivity index (χ2v) is 7.55. The zero-order valence-electron chi connectivity index (χ0n) is 17.0. The summed E-state index contributed by atoms with van der Waals surface area (Å²) in [6.45, 7) is 4.30. The lowest BCUT2D eigenvalue weighted by Gasteiger charge is -2.30. The van der Waals surface area contributed by atoms with Crippen LogP contribution in [0.3, 0.4) is 0 Å². The van der Waals surface area contributed by atoms with Gasteiger partial charge in [-0.25, -0.2) is 0 Å². The van der Waals surface area contributed by atoms with Crippen LogP contribution in [0.25, 0.3) is 11.3 Å². The highest BCUT2D eigenvalue weighted by Crippen LogP contribution is 2.24. The highest BCUT2D eigenvalue weighted by molar-refractivity contribution is 5.92. The fraction of sp³-hybridized carbons (Fsp3) is 0.304. The number of aromatic nitrogens is 3. The fourth-order valence-electron chi connectivity index (χ4n) is 3.39. The number of carbonyl (C=O) groups is 1. The van der Waals surface area contributed by atoms with Gasteiger partial charge in [0.25, 0.3) is 5.91 Å². The number of pyridine rings is 1. The molecule has 0 bridgehead atoms. The first kappa shape index (κ1) is 19.8. The van der Waals surface area contributed by atoms with Gasteiger partial charge in [0.15, 0.2) is 12.4 Å². The topological polar surface area (TPSA) is 80.2 Å². The molecule has 1 aromatic carbocycles. The standard InChI is InChI=1S/C23H25N5O2/c1-17-10-13-28(14-11-17)22-9-8-21(26-27-22)18-4-6-19(7-5-18)25-23(29)16-30-20-3-2-12-24-15-20/h2-9,12,15,17H,10-11,13-14,16H2,1H3,(H,25,29). The summed E-state index contributed by atoms with van der Waals surface area (Å²) in [5.74, 6) is 2.05. The van der Waals surface area contributed by atoms with Gasteiger partial charge in [-0.15, -0.1) is 10.2 Å². The molecule has 7 heteroatoms. The maximum atomic E-state index is 12.1. The molecule has 0 atom stereocenters. The Balaban J connectivity index is 1.32. The Kier molecular flexibility index (Phi) is 6.17. The van der Waals surface area contributed by atoms with Crippen LogP contribution in [0.4, 0.5) is 11.5 Å². The Morgan fingerprint density at radius 1 is 1.10 bits per heavy atom. The number of ether oxygens (including phenoxy) is 1. The quantitative estimate of drug-likeness (QED) is 0.674. The highest BCUT2D eigenvalue weighted by Gasteiger charge is 2.17. The smallest absolute Gasteiger partial charge is 0.262 e. The molecule has 1 saturated heterocycles. The van der Waals surface area contributed by atoms with Crippen molar-refractivity contribution in [2.24, 2.45) is 5.92 Å². The van der Waals surface area contributed by atoms with Crippen LogP contribution in [0.1, 0.15) is 19.8 Å². The molecule has 154 valence electrons. The van der Waals surface area contributed by atoms with E-state index in [2.05, 4.69) is 32.3 Å². The summed E-state index contributed by atoms with van der Waals surface area (Å²) in [6, 6.07) is 15.1. The number of benzene rings is 1. The largest absolute Gasteiger partial charge is 0.482 e. The molecular formula is C23H25N5O2. The van der Waals surface area contributed by atoms with Crippen LogP contribution in [-0.2, 0) is 4.79 Å². The average Bonchev–Trinajstić information content (AvgIpc) is 2.80. The van der Waals surface area contributed by atoms with Crippen LogP contribution in [0, 0.1) is 5.92 Å². The summed E-state index contributed by atoms with van der Waals surface area (Å²) >= 11 is 0. The summed E-state index contributed by atoms with van der Waals surface area (Å²) in [6.07, 6.45) is 5.62. The summed E-state index contributed by atoms with van der Waals surface area (Å²) in [5.41, 5.74) is 2.46. The molecule has 0 unspecified atom stereocenters. The lowest BCUT2D eigenvalue weighted by Crippen LogP contribution is -2.33. The Labute approximate surface area is 176 Å². The maximum Gasteiger partial charge on any atom is 0.262 e. The van der Waals surface area contributed by atoms with Gasteiger partial charge >= 0.3 is 0 Å². The number of anilines is 2. The minimum atomic E-state index is -0.230. The maximum absolute atomic E-state index is 12.1. The SMILES string of the molecule is CC1CCN(c2ccc(-c3ccc(NC(=O)COc4cccnc4)cc3)nn2)CC1. The van der Waals surface area contributed by atoms with Crippen molar-refractivity contribution < 1.29 is 9.53 Å². The summed E-state index contributed by atoms with van der Waals surface area (Å²) in [4.78, 5) is 18.3. The van der Waals surface area contributed by atoms with Gasteiger partial charge in [-0.05, 0) is 55.2 Å². The third-order valence-corrected chi connectivity index (χ3v) is 5.23. The highest BCUT2D eigenvalue weighted by atomic mass is 16.5. The van der Waals surface area contributed by atoms with Crippen molar-refractivity contribution in [1.29, 1.82) is 0 Å². The van der Waals surface area contributed by atoms with Crippen LogP contribution >= 0.6 is 0 Å².